The topological polar surface area (TPSA) is 35.5 Å². The minimum Gasteiger partial charge on any atom is -0.547 e. The normalized spacial score (nSPS) is 32.9. The fourth-order valence-corrected chi connectivity index (χ4v) is 7.07. The number of benzene rings is 1. The highest BCUT2D eigenvalue weighted by Gasteiger charge is 2.56. The lowest BCUT2D eigenvalue weighted by Gasteiger charge is -2.52. The molecule has 154 valence electrons. The molecule has 1 unspecified atom stereocenters. The summed E-state index contributed by atoms with van der Waals surface area (Å²) in [7, 11) is -1.66. The Balaban J connectivity index is 1.67. The van der Waals surface area contributed by atoms with Gasteiger partial charge in [-0.3, -0.25) is 4.79 Å². The molecule has 5 atom stereocenters. The average Bonchev–Trinajstić information content (AvgIpc) is 2.94. The molecule has 3 aliphatic carbocycles. The Hall–Kier alpha value is -1.99. The summed E-state index contributed by atoms with van der Waals surface area (Å²) in [6, 6.07) is 6.12. The monoisotopic (exact) mass is 408 g/mol. The molecular weight excluding hydrogens is 376 g/mol. The van der Waals surface area contributed by atoms with Crippen molar-refractivity contribution in [3.63, 3.8) is 0 Å². The van der Waals surface area contributed by atoms with Crippen molar-refractivity contribution >= 4 is 14.3 Å². The first-order chi connectivity index (χ1) is 13.6. The lowest BCUT2D eigenvalue weighted by atomic mass is 9.52. The van der Waals surface area contributed by atoms with E-state index in [1.54, 1.807) is 0 Å². The van der Waals surface area contributed by atoms with Gasteiger partial charge in [-0.2, -0.15) is 0 Å². The van der Waals surface area contributed by atoms with Crippen molar-refractivity contribution in [2.45, 2.75) is 65.1 Å². The Morgan fingerprint density at radius 3 is 2.72 bits per heavy atom. The smallest absolute Gasteiger partial charge is 0.308 e. The zero-order valence-electron chi connectivity index (χ0n) is 18.2. The minimum atomic E-state index is -1.66. The lowest BCUT2D eigenvalue weighted by Crippen LogP contribution is -2.46. The summed E-state index contributed by atoms with van der Waals surface area (Å²) in [6.07, 6.45) is 12.7. The van der Waals surface area contributed by atoms with E-state index in [0.29, 0.717) is 23.5 Å². The predicted octanol–water partition coefficient (Wildman–Crippen LogP) is 5.67. The number of rotatable bonds is 3. The molecule has 0 amide bonds. The molecule has 4 rings (SSSR count). The van der Waals surface area contributed by atoms with E-state index in [2.05, 4.69) is 44.6 Å². The maximum absolute atomic E-state index is 11.3. The zero-order valence-corrected chi connectivity index (χ0v) is 19.2. The molecule has 0 bridgehead atoms. The van der Waals surface area contributed by atoms with E-state index in [9.17, 15) is 4.79 Å². The molecule has 1 aromatic rings. The third-order valence-electron chi connectivity index (χ3n) is 7.11. The van der Waals surface area contributed by atoms with Crippen molar-refractivity contribution in [3.8, 4) is 18.1 Å². The van der Waals surface area contributed by atoms with Crippen LogP contribution in [0.2, 0.25) is 19.6 Å². The molecule has 0 N–H and O–H groups in total. The highest BCUT2D eigenvalue weighted by molar-refractivity contribution is 6.70. The van der Waals surface area contributed by atoms with Gasteiger partial charge in [0.05, 0.1) is 5.76 Å². The molecule has 29 heavy (non-hydrogen) atoms. The fourth-order valence-electron chi connectivity index (χ4n) is 6.10. The largest absolute Gasteiger partial charge is 0.547 e. The molecule has 0 saturated heterocycles. The number of terminal acetylenes is 1. The van der Waals surface area contributed by atoms with Crippen molar-refractivity contribution in [1.29, 1.82) is 0 Å². The van der Waals surface area contributed by atoms with Crippen molar-refractivity contribution in [2.24, 2.45) is 23.2 Å². The predicted molar refractivity (Wildman–Crippen MR) is 118 cm³/mol. The second-order valence-electron chi connectivity index (χ2n) is 10.2. The highest BCUT2D eigenvalue weighted by Crippen LogP contribution is 2.63. The van der Waals surface area contributed by atoms with Crippen LogP contribution in [0.1, 0.15) is 50.2 Å². The standard InChI is InChI=1S/C25H32O3Si/c1-7-17-15-25(3)22(12-13-23(25)28-29(4,5)6)21-10-8-18-14-19(27-16(2)26)9-11-20(18)24(17)21/h1,9,11,13-14,17,21-22,24H,8,10,12,15H2,2-6H3/t17?,21-,22-,24+,25-/m0/s1. The van der Waals surface area contributed by atoms with E-state index in [1.807, 2.05) is 12.1 Å². The van der Waals surface area contributed by atoms with Crippen LogP contribution in [-0.2, 0) is 15.6 Å². The van der Waals surface area contributed by atoms with Gasteiger partial charge < -0.3 is 9.16 Å². The number of ether oxygens (including phenoxy) is 1. The van der Waals surface area contributed by atoms with E-state index in [-0.39, 0.29) is 17.3 Å². The van der Waals surface area contributed by atoms with Gasteiger partial charge in [-0.25, -0.2) is 0 Å². The van der Waals surface area contributed by atoms with Gasteiger partial charge in [-0.15, -0.1) is 12.3 Å². The highest BCUT2D eigenvalue weighted by atomic mass is 28.4. The van der Waals surface area contributed by atoms with Gasteiger partial charge in [0, 0.05) is 24.2 Å². The van der Waals surface area contributed by atoms with Gasteiger partial charge in [0.25, 0.3) is 0 Å². The van der Waals surface area contributed by atoms with Crippen molar-refractivity contribution in [1.82, 2.24) is 0 Å². The average molecular weight is 409 g/mol. The molecule has 1 saturated carbocycles. The molecule has 1 aromatic carbocycles. The van der Waals surface area contributed by atoms with Crippen LogP contribution in [0.5, 0.6) is 5.75 Å². The lowest BCUT2D eigenvalue weighted by molar-refractivity contribution is -0.131. The Morgan fingerprint density at radius 2 is 2.07 bits per heavy atom. The molecule has 4 heteroatoms. The van der Waals surface area contributed by atoms with E-state index >= 15 is 0 Å². The molecule has 0 heterocycles. The summed E-state index contributed by atoms with van der Waals surface area (Å²) in [4.78, 5) is 11.3. The number of carbonyl (C=O) groups is 1. The van der Waals surface area contributed by atoms with Crippen LogP contribution in [0.15, 0.2) is 30.0 Å². The van der Waals surface area contributed by atoms with Crippen LogP contribution < -0.4 is 4.74 Å². The van der Waals surface area contributed by atoms with E-state index in [1.165, 1.54) is 23.8 Å². The molecule has 3 aliphatic rings. The summed E-state index contributed by atoms with van der Waals surface area (Å²) in [5.74, 6) is 6.46. The summed E-state index contributed by atoms with van der Waals surface area (Å²) in [6.45, 7) is 10.6. The van der Waals surface area contributed by atoms with Crippen LogP contribution in [0.4, 0.5) is 0 Å². The quantitative estimate of drug-likeness (QED) is 0.280. The second kappa shape index (κ2) is 7.06. The van der Waals surface area contributed by atoms with Crippen LogP contribution in [0.3, 0.4) is 0 Å². The van der Waals surface area contributed by atoms with Crippen LogP contribution in [-0.4, -0.2) is 14.3 Å². The van der Waals surface area contributed by atoms with Gasteiger partial charge in [-0.1, -0.05) is 13.0 Å². The van der Waals surface area contributed by atoms with Gasteiger partial charge in [-0.05, 0) is 86.5 Å². The van der Waals surface area contributed by atoms with Crippen LogP contribution in [0, 0.1) is 35.5 Å². The number of aryl methyl sites for hydroxylation is 1. The Morgan fingerprint density at radius 1 is 1.31 bits per heavy atom. The third kappa shape index (κ3) is 3.55. The number of esters is 1. The molecule has 0 spiro atoms. The number of carbonyl (C=O) groups excluding carboxylic acids is 1. The Labute approximate surface area is 176 Å². The second-order valence-corrected chi connectivity index (χ2v) is 14.6. The van der Waals surface area contributed by atoms with Gasteiger partial charge in [0.15, 0.2) is 0 Å². The minimum absolute atomic E-state index is 0.0493. The molecule has 0 radical (unpaired) electrons. The zero-order chi connectivity index (χ0) is 21.0. The fraction of sp³-hybridized carbons (Fsp3) is 0.560. The summed E-state index contributed by atoms with van der Waals surface area (Å²) in [5.41, 5.74) is 2.70. The van der Waals surface area contributed by atoms with Gasteiger partial charge in [0.2, 0.25) is 8.32 Å². The maximum Gasteiger partial charge on any atom is 0.308 e. The van der Waals surface area contributed by atoms with Crippen molar-refractivity contribution in [2.75, 3.05) is 0 Å². The van der Waals surface area contributed by atoms with Crippen molar-refractivity contribution < 1.29 is 14.0 Å². The molecule has 3 nitrogen and oxygen atoms in total. The first-order valence-corrected chi connectivity index (χ1v) is 14.2. The number of hydrogen-bond acceptors (Lipinski definition) is 3. The van der Waals surface area contributed by atoms with Crippen molar-refractivity contribution in [3.05, 3.63) is 41.2 Å². The number of allylic oxidation sites excluding steroid dienone is 2. The van der Waals surface area contributed by atoms with Crippen LogP contribution in [0.25, 0.3) is 0 Å². The summed E-state index contributed by atoms with van der Waals surface area (Å²) < 4.78 is 11.9. The molecule has 1 fully saturated rings. The maximum atomic E-state index is 11.3. The van der Waals surface area contributed by atoms with E-state index in [0.717, 1.165) is 25.7 Å². The molecule has 0 aromatic heterocycles. The first kappa shape index (κ1) is 20.3. The molecular formula is C25H32O3Si. The number of hydrogen-bond donors (Lipinski definition) is 0. The number of fused-ring (bicyclic) bond motifs is 5. The first-order valence-electron chi connectivity index (χ1n) is 10.8. The van der Waals surface area contributed by atoms with Gasteiger partial charge in [0.1, 0.15) is 5.75 Å². The van der Waals surface area contributed by atoms with E-state index in [4.69, 9.17) is 15.6 Å². The SMILES string of the molecule is C#CC1C[C@]2(C)C(O[Si](C)(C)C)=CC[C@H]2[C@@H]2CCc3cc(OC(C)=O)ccc3[C@@H]12. The third-order valence-corrected chi connectivity index (χ3v) is 7.94. The molecule has 0 aliphatic heterocycles. The summed E-state index contributed by atoms with van der Waals surface area (Å²) in [5, 5.41) is 0. The Bertz CT molecular complexity index is 904. The summed E-state index contributed by atoms with van der Waals surface area (Å²) >= 11 is 0. The van der Waals surface area contributed by atoms with Crippen LogP contribution >= 0.6 is 0 Å². The van der Waals surface area contributed by atoms with Gasteiger partial charge >= 0.3 is 5.97 Å². The Kier molecular flexibility index (Phi) is 4.94. The van der Waals surface area contributed by atoms with E-state index < -0.39 is 8.32 Å².